The van der Waals surface area contributed by atoms with Crippen LogP contribution in [0.5, 0.6) is 5.75 Å². The van der Waals surface area contributed by atoms with Gasteiger partial charge >= 0.3 is 5.69 Å². The van der Waals surface area contributed by atoms with Gasteiger partial charge in [0.15, 0.2) is 5.82 Å². The smallest absolute Gasteiger partial charge is 0.311 e. The molecule has 0 spiro atoms. The molecule has 8 nitrogen and oxygen atoms in total. The summed E-state index contributed by atoms with van der Waals surface area (Å²) in [5, 5.41) is 13.5. The van der Waals surface area contributed by atoms with Gasteiger partial charge in [-0.1, -0.05) is 17.7 Å². The van der Waals surface area contributed by atoms with Crippen LogP contribution in [0.2, 0.25) is 5.15 Å². The topological polar surface area (TPSA) is 107 Å². The zero-order chi connectivity index (χ0) is 15.4. The molecule has 1 aromatic carbocycles. The lowest BCUT2D eigenvalue weighted by atomic mass is 10.1. The number of hydrogen-bond donors (Lipinski definition) is 1. The summed E-state index contributed by atoms with van der Waals surface area (Å²) in [6, 6.07) is 4.05. The third-order valence-electron chi connectivity index (χ3n) is 2.50. The van der Waals surface area contributed by atoms with Gasteiger partial charge in [-0.3, -0.25) is 14.9 Å². The summed E-state index contributed by atoms with van der Waals surface area (Å²) in [4.78, 5) is 30.0. The van der Waals surface area contributed by atoms with Crippen LogP contribution in [-0.4, -0.2) is 27.9 Å². The molecule has 1 amide bonds. The molecule has 108 valence electrons. The van der Waals surface area contributed by atoms with Gasteiger partial charge in [0, 0.05) is 6.07 Å². The Morgan fingerprint density at radius 3 is 2.71 bits per heavy atom. The van der Waals surface area contributed by atoms with Crippen LogP contribution in [0.4, 0.5) is 11.5 Å². The maximum Gasteiger partial charge on any atom is 0.311 e. The molecule has 0 saturated heterocycles. The summed E-state index contributed by atoms with van der Waals surface area (Å²) >= 11 is 5.59. The molecule has 0 saturated carbocycles. The number of nitro benzene ring substituents is 1. The van der Waals surface area contributed by atoms with Gasteiger partial charge in [0.25, 0.3) is 5.91 Å². The Kier molecular flexibility index (Phi) is 4.29. The first kappa shape index (κ1) is 14.7. The van der Waals surface area contributed by atoms with E-state index in [-0.39, 0.29) is 28.0 Å². The number of ether oxygens (including phenoxy) is 1. The molecule has 0 radical (unpaired) electrons. The highest BCUT2D eigenvalue weighted by atomic mass is 35.5. The minimum Gasteiger partial charge on any atom is -0.490 e. The number of para-hydroxylation sites is 1. The van der Waals surface area contributed by atoms with E-state index in [2.05, 4.69) is 15.3 Å². The zero-order valence-corrected chi connectivity index (χ0v) is 11.5. The lowest BCUT2D eigenvalue weighted by Gasteiger charge is -2.08. The molecule has 0 bridgehead atoms. The summed E-state index contributed by atoms with van der Waals surface area (Å²) in [5.41, 5.74) is -0.282. The van der Waals surface area contributed by atoms with E-state index < -0.39 is 10.8 Å². The average Bonchev–Trinajstić information content (AvgIpc) is 2.48. The molecule has 0 aliphatic carbocycles. The van der Waals surface area contributed by atoms with Crippen molar-refractivity contribution in [2.75, 3.05) is 12.4 Å². The van der Waals surface area contributed by atoms with Crippen molar-refractivity contribution in [3.63, 3.8) is 0 Å². The fourth-order valence-corrected chi connectivity index (χ4v) is 1.72. The van der Waals surface area contributed by atoms with Crippen molar-refractivity contribution >= 4 is 29.0 Å². The highest BCUT2D eigenvalue weighted by Gasteiger charge is 2.22. The second-order valence-corrected chi connectivity index (χ2v) is 4.18. The second kappa shape index (κ2) is 6.14. The molecule has 1 aromatic heterocycles. The number of hydrogen-bond acceptors (Lipinski definition) is 6. The molecular weight excluding hydrogens is 300 g/mol. The van der Waals surface area contributed by atoms with Crippen LogP contribution in [0.25, 0.3) is 0 Å². The fourth-order valence-electron chi connectivity index (χ4n) is 1.62. The summed E-state index contributed by atoms with van der Waals surface area (Å²) in [7, 11) is 1.25. The van der Waals surface area contributed by atoms with Gasteiger partial charge < -0.3 is 10.1 Å². The maximum atomic E-state index is 12.1. The third kappa shape index (κ3) is 3.23. The lowest BCUT2D eigenvalue weighted by Crippen LogP contribution is -2.15. The summed E-state index contributed by atoms with van der Waals surface area (Å²) in [6.45, 7) is 0. The molecule has 1 N–H and O–H groups in total. The molecule has 0 aliphatic rings. The SMILES string of the molecule is COc1c(C(=O)Nc2cnc(Cl)cn2)cccc1[N+](=O)[O-]. The van der Waals surface area contributed by atoms with Crippen LogP contribution in [0.15, 0.2) is 30.6 Å². The van der Waals surface area contributed by atoms with E-state index in [4.69, 9.17) is 16.3 Å². The summed E-state index contributed by atoms with van der Waals surface area (Å²) < 4.78 is 4.96. The number of nitrogens with one attached hydrogen (secondary N) is 1. The van der Waals surface area contributed by atoms with E-state index in [0.717, 1.165) is 0 Å². The number of carbonyl (C=O) groups is 1. The van der Waals surface area contributed by atoms with Gasteiger partial charge in [0.2, 0.25) is 5.75 Å². The normalized spacial score (nSPS) is 10.0. The molecule has 21 heavy (non-hydrogen) atoms. The van der Waals surface area contributed by atoms with Crippen LogP contribution in [0.1, 0.15) is 10.4 Å². The maximum absolute atomic E-state index is 12.1. The van der Waals surface area contributed by atoms with E-state index >= 15 is 0 Å². The molecule has 1 heterocycles. The number of methoxy groups -OCH3 is 1. The van der Waals surface area contributed by atoms with Gasteiger partial charge in [-0.05, 0) is 6.07 Å². The predicted molar refractivity (Wildman–Crippen MR) is 74.6 cm³/mol. The molecule has 0 fully saturated rings. The Hall–Kier alpha value is -2.74. The number of benzene rings is 1. The first-order valence-corrected chi connectivity index (χ1v) is 6.01. The zero-order valence-electron chi connectivity index (χ0n) is 10.7. The highest BCUT2D eigenvalue weighted by Crippen LogP contribution is 2.30. The number of nitrogens with zero attached hydrogens (tertiary/aromatic N) is 3. The first-order valence-electron chi connectivity index (χ1n) is 5.63. The minimum atomic E-state index is -0.627. The Morgan fingerprint density at radius 2 is 2.14 bits per heavy atom. The third-order valence-corrected chi connectivity index (χ3v) is 2.70. The van der Waals surface area contributed by atoms with Crippen molar-refractivity contribution in [1.29, 1.82) is 0 Å². The number of carbonyl (C=O) groups excluding carboxylic acids is 1. The first-order chi connectivity index (χ1) is 10.0. The Labute approximate surface area is 123 Å². The Balaban J connectivity index is 2.33. The number of amides is 1. The van der Waals surface area contributed by atoms with Gasteiger partial charge in [-0.2, -0.15) is 0 Å². The minimum absolute atomic E-state index is 0.0171. The van der Waals surface area contributed by atoms with Crippen molar-refractivity contribution in [3.8, 4) is 5.75 Å². The number of aromatic nitrogens is 2. The summed E-state index contributed by atoms with van der Waals surface area (Å²) in [5.74, 6) is -0.563. The van der Waals surface area contributed by atoms with Gasteiger partial charge in [0.1, 0.15) is 5.15 Å². The molecule has 0 aliphatic heterocycles. The van der Waals surface area contributed by atoms with Gasteiger partial charge in [-0.15, -0.1) is 0 Å². The molecule has 0 atom stereocenters. The average molecular weight is 309 g/mol. The molecule has 9 heteroatoms. The molecular formula is C12H9ClN4O4. The highest BCUT2D eigenvalue weighted by molar-refractivity contribution is 6.29. The monoisotopic (exact) mass is 308 g/mol. The number of rotatable bonds is 4. The van der Waals surface area contributed by atoms with Crippen LogP contribution >= 0.6 is 11.6 Å². The van der Waals surface area contributed by atoms with Crippen molar-refractivity contribution in [2.24, 2.45) is 0 Å². The van der Waals surface area contributed by atoms with E-state index in [1.54, 1.807) is 0 Å². The van der Waals surface area contributed by atoms with Gasteiger partial charge in [-0.25, -0.2) is 9.97 Å². The van der Waals surface area contributed by atoms with E-state index in [0.29, 0.717) is 0 Å². The van der Waals surface area contributed by atoms with Crippen LogP contribution in [0, 0.1) is 10.1 Å². The Bertz CT molecular complexity index is 690. The molecule has 0 unspecified atom stereocenters. The number of anilines is 1. The van der Waals surface area contributed by atoms with E-state index in [1.807, 2.05) is 0 Å². The predicted octanol–water partition coefficient (Wildman–Crippen LogP) is 2.30. The van der Waals surface area contributed by atoms with Crippen LogP contribution < -0.4 is 10.1 Å². The Morgan fingerprint density at radius 1 is 1.38 bits per heavy atom. The molecule has 2 aromatic rings. The lowest BCUT2D eigenvalue weighted by molar-refractivity contribution is -0.385. The standard InChI is InChI=1S/C12H9ClN4O4/c1-21-11-7(3-2-4-8(11)17(19)20)12(18)16-10-6-14-9(13)5-15-10/h2-6H,1H3,(H,15,16,18). The van der Waals surface area contributed by atoms with Crippen LogP contribution in [-0.2, 0) is 0 Å². The van der Waals surface area contributed by atoms with Gasteiger partial charge in [0.05, 0.1) is 30.0 Å². The fraction of sp³-hybridized carbons (Fsp3) is 0.0833. The van der Waals surface area contributed by atoms with Crippen molar-refractivity contribution < 1.29 is 14.5 Å². The van der Waals surface area contributed by atoms with Crippen LogP contribution in [0.3, 0.4) is 0 Å². The van der Waals surface area contributed by atoms with E-state index in [9.17, 15) is 14.9 Å². The summed E-state index contributed by atoms with van der Waals surface area (Å²) in [6.07, 6.45) is 2.53. The largest absolute Gasteiger partial charge is 0.490 e. The van der Waals surface area contributed by atoms with Crippen molar-refractivity contribution in [3.05, 3.63) is 51.4 Å². The quantitative estimate of drug-likeness (QED) is 0.686. The van der Waals surface area contributed by atoms with E-state index in [1.165, 1.54) is 37.7 Å². The molecule has 2 rings (SSSR count). The second-order valence-electron chi connectivity index (χ2n) is 3.79. The van der Waals surface area contributed by atoms with Crippen molar-refractivity contribution in [1.82, 2.24) is 9.97 Å². The number of nitro groups is 1. The van der Waals surface area contributed by atoms with Crippen molar-refractivity contribution in [2.45, 2.75) is 0 Å². The number of halogens is 1.